The first-order valence-electron chi connectivity index (χ1n) is 4.82. The summed E-state index contributed by atoms with van der Waals surface area (Å²) in [4.78, 5) is 25.8. The van der Waals surface area contributed by atoms with Crippen LogP contribution in [0.4, 0.5) is 0 Å². The van der Waals surface area contributed by atoms with Crippen molar-refractivity contribution in [3.63, 3.8) is 0 Å². The minimum Gasteiger partial charge on any atom is -0.479 e. The van der Waals surface area contributed by atoms with Crippen molar-refractivity contribution < 1.29 is 19.8 Å². The van der Waals surface area contributed by atoms with Crippen LogP contribution in [0.2, 0.25) is 0 Å². The summed E-state index contributed by atoms with van der Waals surface area (Å²) in [7, 11) is 0. The lowest BCUT2D eigenvalue weighted by molar-refractivity contribution is -0.146. The third-order valence-electron chi connectivity index (χ3n) is 1.94. The molecule has 0 spiro atoms. The summed E-state index contributed by atoms with van der Waals surface area (Å²) in [5.41, 5.74) is 0.226. The highest BCUT2D eigenvalue weighted by Gasteiger charge is 2.13. The van der Waals surface area contributed by atoms with Gasteiger partial charge >= 0.3 is 5.97 Å². The molecule has 7 heteroatoms. The van der Waals surface area contributed by atoms with E-state index < -0.39 is 18.0 Å². The minimum atomic E-state index is -1.47. The van der Waals surface area contributed by atoms with E-state index in [1.807, 2.05) is 0 Å². The number of amides is 1. The molecule has 0 fully saturated rings. The zero-order valence-corrected chi connectivity index (χ0v) is 10.3. The number of aromatic nitrogens is 1. The second kappa shape index (κ2) is 6.31. The van der Waals surface area contributed by atoms with Crippen molar-refractivity contribution in [2.75, 3.05) is 6.54 Å². The van der Waals surface area contributed by atoms with Gasteiger partial charge in [0.2, 0.25) is 0 Å². The smallest absolute Gasteiger partial charge is 0.332 e. The number of nitrogens with one attached hydrogen (secondary N) is 1. The number of nitrogens with zero attached hydrogens (tertiary/aromatic N) is 1. The molecule has 3 N–H and O–H groups in total. The average molecular weight is 303 g/mol. The molecule has 0 bridgehead atoms. The Morgan fingerprint density at radius 2 is 2.18 bits per heavy atom. The summed E-state index contributed by atoms with van der Waals surface area (Å²) >= 11 is 3.13. The summed E-state index contributed by atoms with van der Waals surface area (Å²) in [5.74, 6) is -1.72. The molecule has 1 aromatic heterocycles. The van der Waals surface area contributed by atoms with Gasteiger partial charge in [0.15, 0.2) is 6.10 Å². The van der Waals surface area contributed by atoms with E-state index >= 15 is 0 Å². The predicted molar refractivity (Wildman–Crippen MR) is 62.5 cm³/mol. The average Bonchev–Trinajstić information content (AvgIpc) is 2.28. The van der Waals surface area contributed by atoms with Crippen LogP contribution in [0, 0.1) is 0 Å². The number of aliphatic hydroxyl groups is 1. The number of rotatable bonds is 5. The van der Waals surface area contributed by atoms with Gasteiger partial charge in [-0.2, -0.15) is 0 Å². The third kappa shape index (κ3) is 4.49. The number of aliphatic hydroxyl groups excluding tert-OH is 1. The molecule has 0 aliphatic carbocycles. The zero-order valence-electron chi connectivity index (χ0n) is 8.76. The van der Waals surface area contributed by atoms with Crippen LogP contribution in [-0.4, -0.2) is 39.7 Å². The van der Waals surface area contributed by atoms with Crippen molar-refractivity contribution in [3.8, 4) is 0 Å². The first kappa shape index (κ1) is 13.6. The molecule has 0 radical (unpaired) electrons. The molecule has 1 amide bonds. The lowest BCUT2D eigenvalue weighted by Crippen LogP contribution is -2.30. The van der Waals surface area contributed by atoms with E-state index in [1.165, 1.54) is 6.07 Å². The normalized spacial score (nSPS) is 11.9. The fraction of sp³-hybridized carbons (Fsp3) is 0.300. The number of carbonyl (C=O) groups excluding carboxylic acids is 1. The zero-order chi connectivity index (χ0) is 12.8. The van der Waals surface area contributed by atoms with Crippen molar-refractivity contribution >= 4 is 27.8 Å². The van der Waals surface area contributed by atoms with Crippen LogP contribution in [0.5, 0.6) is 0 Å². The molecule has 1 heterocycles. The number of aliphatic carboxylic acids is 1. The Labute approximate surface area is 106 Å². The van der Waals surface area contributed by atoms with Crippen LogP contribution >= 0.6 is 15.9 Å². The molecular formula is C10H11BrN2O4. The molecule has 17 heavy (non-hydrogen) atoms. The van der Waals surface area contributed by atoms with Crippen LogP contribution < -0.4 is 5.32 Å². The largest absolute Gasteiger partial charge is 0.479 e. The van der Waals surface area contributed by atoms with Gasteiger partial charge in [-0.25, -0.2) is 9.78 Å². The van der Waals surface area contributed by atoms with Gasteiger partial charge in [0.25, 0.3) is 5.91 Å². The lowest BCUT2D eigenvalue weighted by atomic mass is 10.2. The Bertz CT molecular complexity index is 425. The van der Waals surface area contributed by atoms with E-state index in [4.69, 9.17) is 10.2 Å². The highest BCUT2D eigenvalue weighted by Crippen LogP contribution is 2.06. The fourth-order valence-corrected chi connectivity index (χ4v) is 1.41. The van der Waals surface area contributed by atoms with Gasteiger partial charge in [-0.3, -0.25) is 4.79 Å². The van der Waals surface area contributed by atoms with Crippen LogP contribution in [-0.2, 0) is 4.79 Å². The molecule has 1 unspecified atom stereocenters. The van der Waals surface area contributed by atoms with Crippen molar-refractivity contribution in [1.29, 1.82) is 0 Å². The predicted octanol–water partition coefficient (Wildman–Crippen LogP) is 0.409. The van der Waals surface area contributed by atoms with Crippen LogP contribution in [0.15, 0.2) is 22.8 Å². The number of carboxylic acids is 1. The topological polar surface area (TPSA) is 99.5 Å². The molecule has 0 aliphatic rings. The summed E-state index contributed by atoms with van der Waals surface area (Å²) < 4.78 is 0.538. The molecule has 0 aliphatic heterocycles. The Morgan fingerprint density at radius 1 is 1.47 bits per heavy atom. The monoisotopic (exact) mass is 302 g/mol. The Morgan fingerprint density at radius 3 is 2.76 bits per heavy atom. The minimum absolute atomic E-state index is 0.0466. The maximum absolute atomic E-state index is 11.5. The molecule has 0 aromatic carbocycles. The van der Waals surface area contributed by atoms with E-state index in [0.29, 0.717) is 4.60 Å². The number of carboxylic acid groups (broad SMARTS) is 1. The fourth-order valence-electron chi connectivity index (χ4n) is 1.07. The Kier molecular flexibility index (Phi) is 5.05. The highest BCUT2D eigenvalue weighted by atomic mass is 79.9. The van der Waals surface area contributed by atoms with Gasteiger partial charge in [-0.1, -0.05) is 6.07 Å². The van der Waals surface area contributed by atoms with Gasteiger partial charge in [0.1, 0.15) is 10.3 Å². The first-order chi connectivity index (χ1) is 8.00. The highest BCUT2D eigenvalue weighted by molar-refractivity contribution is 9.10. The van der Waals surface area contributed by atoms with Gasteiger partial charge in [-0.05, 0) is 28.1 Å². The van der Waals surface area contributed by atoms with Crippen LogP contribution in [0.25, 0.3) is 0 Å². The molecule has 1 aromatic rings. The van der Waals surface area contributed by atoms with Crippen LogP contribution in [0.3, 0.4) is 0 Å². The van der Waals surface area contributed by atoms with Crippen molar-refractivity contribution in [2.45, 2.75) is 12.5 Å². The third-order valence-corrected chi connectivity index (χ3v) is 2.38. The number of halogens is 1. The van der Waals surface area contributed by atoms with Gasteiger partial charge < -0.3 is 15.5 Å². The number of carbonyl (C=O) groups is 2. The molecular weight excluding hydrogens is 292 g/mol. The number of pyridine rings is 1. The van der Waals surface area contributed by atoms with Gasteiger partial charge in [0, 0.05) is 13.0 Å². The maximum Gasteiger partial charge on any atom is 0.332 e. The van der Waals surface area contributed by atoms with Gasteiger partial charge in [-0.15, -0.1) is 0 Å². The summed E-state index contributed by atoms with van der Waals surface area (Å²) in [6, 6.07) is 4.89. The summed E-state index contributed by atoms with van der Waals surface area (Å²) in [6.45, 7) is 0.0699. The number of hydrogen-bond donors (Lipinski definition) is 3. The molecule has 0 saturated heterocycles. The van der Waals surface area contributed by atoms with E-state index in [2.05, 4.69) is 26.2 Å². The SMILES string of the molecule is O=C(NCCC(O)C(=O)O)c1cccc(Br)n1. The lowest BCUT2D eigenvalue weighted by Gasteiger charge is -2.07. The van der Waals surface area contributed by atoms with Crippen molar-refractivity contribution in [2.24, 2.45) is 0 Å². The van der Waals surface area contributed by atoms with E-state index in [1.54, 1.807) is 12.1 Å². The molecule has 0 saturated carbocycles. The molecule has 1 rings (SSSR count). The summed E-state index contributed by atoms with van der Waals surface area (Å²) in [5, 5.41) is 19.9. The maximum atomic E-state index is 11.5. The van der Waals surface area contributed by atoms with E-state index in [9.17, 15) is 9.59 Å². The quantitative estimate of drug-likeness (QED) is 0.684. The van der Waals surface area contributed by atoms with Crippen molar-refractivity contribution in [1.82, 2.24) is 10.3 Å². The second-order valence-corrected chi connectivity index (χ2v) is 4.06. The van der Waals surface area contributed by atoms with Crippen LogP contribution in [0.1, 0.15) is 16.9 Å². The first-order valence-corrected chi connectivity index (χ1v) is 5.61. The number of hydrogen-bond acceptors (Lipinski definition) is 4. The molecule has 6 nitrogen and oxygen atoms in total. The molecule has 1 atom stereocenters. The Balaban J connectivity index is 2.43. The molecule has 92 valence electrons. The summed E-state index contributed by atoms with van der Waals surface area (Å²) in [6.07, 6.45) is -1.51. The Hall–Kier alpha value is -1.47. The van der Waals surface area contributed by atoms with Crippen molar-refractivity contribution in [3.05, 3.63) is 28.5 Å². The second-order valence-electron chi connectivity index (χ2n) is 3.24. The van der Waals surface area contributed by atoms with E-state index in [0.717, 1.165) is 0 Å². The van der Waals surface area contributed by atoms with Gasteiger partial charge in [0.05, 0.1) is 0 Å². The standard InChI is InChI=1S/C10H11BrN2O4/c11-8-3-1-2-6(13-8)9(15)12-5-4-7(14)10(16)17/h1-3,7,14H,4-5H2,(H,12,15)(H,16,17). The van der Waals surface area contributed by atoms with E-state index in [-0.39, 0.29) is 18.7 Å².